The van der Waals surface area contributed by atoms with E-state index in [1.165, 1.54) is 6.42 Å². The van der Waals surface area contributed by atoms with E-state index in [0.717, 1.165) is 37.9 Å². The Labute approximate surface area is 102 Å². The molecular weight excluding hydrogens is 216 g/mol. The molecular formula is C14H20O3. The van der Waals surface area contributed by atoms with Crippen LogP contribution in [0, 0.1) is 0 Å². The molecule has 0 saturated carbocycles. The number of rotatable bonds is 9. The van der Waals surface area contributed by atoms with E-state index in [4.69, 9.17) is 9.52 Å². The summed E-state index contributed by atoms with van der Waals surface area (Å²) in [6.07, 6.45) is 12.4. The van der Waals surface area contributed by atoms with Gasteiger partial charge in [0, 0.05) is 6.42 Å². The first kappa shape index (κ1) is 13.6. The Hall–Kier alpha value is -1.51. The molecule has 0 aliphatic rings. The molecule has 0 amide bonds. The Kier molecular flexibility index (Phi) is 6.87. The number of hydrogen-bond donors (Lipinski definition) is 1. The maximum absolute atomic E-state index is 10.3. The second-order valence-electron chi connectivity index (χ2n) is 4.12. The van der Waals surface area contributed by atoms with Crippen molar-refractivity contribution >= 4 is 12.0 Å². The summed E-state index contributed by atoms with van der Waals surface area (Å²) < 4.78 is 5.17. The van der Waals surface area contributed by atoms with Gasteiger partial charge in [0.1, 0.15) is 5.76 Å². The topological polar surface area (TPSA) is 50.4 Å². The zero-order valence-corrected chi connectivity index (χ0v) is 10.1. The lowest BCUT2D eigenvalue weighted by molar-refractivity contribution is -0.137. The lowest BCUT2D eigenvalue weighted by Crippen LogP contribution is -1.93. The number of aliphatic carboxylic acids is 1. The van der Waals surface area contributed by atoms with E-state index in [-0.39, 0.29) is 0 Å². The van der Waals surface area contributed by atoms with E-state index < -0.39 is 5.97 Å². The van der Waals surface area contributed by atoms with Gasteiger partial charge in [-0.25, -0.2) is 0 Å². The zero-order valence-electron chi connectivity index (χ0n) is 10.1. The van der Waals surface area contributed by atoms with Crippen molar-refractivity contribution in [3.63, 3.8) is 0 Å². The van der Waals surface area contributed by atoms with Crippen LogP contribution in [0.5, 0.6) is 0 Å². The van der Waals surface area contributed by atoms with Gasteiger partial charge >= 0.3 is 5.97 Å². The second kappa shape index (κ2) is 8.62. The van der Waals surface area contributed by atoms with Crippen LogP contribution in [0.25, 0.3) is 6.08 Å². The van der Waals surface area contributed by atoms with E-state index in [0.29, 0.717) is 6.42 Å². The lowest BCUT2D eigenvalue weighted by atomic mass is 10.1. The molecule has 1 heterocycles. The summed E-state index contributed by atoms with van der Waals surface area (Å²) in [5.74, 6) is 0.206. The predicted molar refractivity (Wildman–Crippen MR) is 67.7 cm³/mol. The molecule has 94 valence electrons. The van der Waals surface area contributed by atoms with Crippen molar-refractivity contribution < 1.29 is 14.3 Å². The highest BCUT2D eigenvalue weighted by Gasteiger charge is 1.95. The fourth-order valence-corrected chi connectivity index (χ4v) is 1.65. The summed E-state index contributed by atoms with van der Waals surface area (Å²) in [5.41, 5.74) is 0. The molecule has 1 aromatic rings. The number of carboxylic acids is 1. The normalized spacial score (nSPS) is 11.1. The molecule has 3 heteroatoms. The number of carboxylic acid groups (broad SMARTS) is 1. The average molecular weight is 236 g/mol. The largest absolute Gasteiger partial charge is 0.481 e. The zero-order chi connectivity index (χ0) is 12.3. The molecule has 0 aliphatic heterocycles. The van der Waals surface area contributed by atoms with Crippen LogP contribution in [0.15, 0.2) is 28.9 Å². The molecule has 1 aromatic heterocycles. The van der Waals surface area contributed by atoms with Crippen molar-refractivity contribution in [3.8, 4) is 0 Å². The van der Waals surface area contributed by atoms with Crippen LogP contribution in [0.4, 0.5) is 0 Å². The molecule has 17 heavy (non-hydrogen) atoms. The molecule has 0 radical (unpaired) electrons. The monoisotopic (exact) mass is 236 g/mol. The summed E-state index contributed by atoms with van der Waals surface area (Å²) in [6, 6.07) is 3.81. The minimum absolute atomic E-state index is 0.304. The molecule has 0 atom stereocenters. The standard InChI is InChI=1S/C14H20O3/c15-14(16)11-7-5-3-1-2-4-6-9-13-10-8-12-17-13/h6,8-10,12H,1-5,7,11H2,(H,15,16)/b9-6-. The van der Waals surface area contributed by atoms with Crippen LogP contribution < -0.4 is 0 Å². The Bertz CT molecular complexity index is 325. The summed E-state index contributed by atoms with van der Waals surface area (Å²) in [6.45, 7) is 0. The minimum atomic E-state index is -0.689. The van der Waals surface area contributed by atoms with E-state index in [9.17, 15) is 4.79 Å². The maximum atomic E-state index is 10.3. The number of allylic oxidation sites excluding steroid dienone is 1. The minimum Gasteiger partial charge on any atom is -0.481 e. The van der Waals surface area contributed by atoms with Crippen molar-refractivity contribution in [2.45, 2.75) is 44.9 Å². The Morgan fingerprint density at radius 3 is 2.71 bits per heavy atom. The van der Waals surface area contributed by atoms with Gasteiger partial charge in [-0.3, -0.25) is 4.79 Å². The summed E-state index contributed by atoms with van der Waals surface area (Å²) in [7, 11) is 0. The second-order valence-corrected chi connectivity index (χ2v) is 4.12. The predicted octanol–water partition coefficient (Wildman–Crippen LogP) is 4.11. The van der Waals surface area contributed by atoms with Gasteiger partial charge in [-0.05, 0) is 37.5 Å². The Balaban J connectivity index is 1.89. The van der Waals surface area contributed by atoms with Crippen LogP contribution in [0.1, 0.15) is 50.7 Å². The third-order valence-electron chi connectivity index (χ3n) is 2.59. The molecule has 0 saturated heterocycles. The molecule has 0 bridgehead atoms. The van der Waals surface area contributed by atoms with Crippen molar-refractivity contribution in [2.75, 3.05) is 0 Å². The van der Waals surface area contributed by atoms with Gasteiger partial charge < -0.3 is 9.52 Å². The van der Waals surface area contributed by atoms with Gasteiger partial charge in [0.2, 0.25) is 0 Å². The highest BCUT2D eigenvalue weighted by atomic mass is 16.4. The number of unbranched alkanes of at least 4 members (excludes halogenated alkanes) is 5. The molecule has 0 aromatic carbocycles. The first-order chi connectivity index (χ1) is 8.29. The van der Waals surface area contributed by atoms with E-state index in [2.05, 4.69) is 6.08 Å². The molecule has 0 spiro atoms. The molecule has 0 fully saturated rings. The summed E-state index contributed by atoms with van der Waals surface area (Å²) in [5, 5.41) is 8.46. The van der Waals surface area contributed by atoms with Crippen LogP contribution in [-0.4, -0.2) is 11.1 Å². The fourth-order valence-electron chi connectivity index (χ4n) is 1.65. The third-order valence-corrected chi connectivity index (χ3v) is 2.59. The first-order valence-electron chi connectivity index (χ1n) is 6.21. The SMILES string of the molecule is O=C(O)CCCCCCC/C=C\c1ccco1. The Morgan fingerprint density at radius 2 is 2.00 bits per heavy atom. The third kappa shape index (κ3) is 7.39. The van der Waals surface area contributed by atoms with Crippen molar-refractivity contribution in [1.29, 1.82) is 0 Å². The quantitative estimate of drug-likeness (QED) is 0.656. The number of furan rings is 1. The number of hydrogen-bond acceptors (Lipinski definition) is 2. The highest BCUT2D eigenvalue weighted by molar-refractivity contribution is 5.66. The van der Waals surface area contributed by atoms with E-state index in [1.807, 2.05) is 18.2 Å². The summed E-state index contributed by atoms with van der Waals surface area (Å²) in [4.78, 5) is 10.3. The fraction of sp³-hybridized carbons (Fsp3) is 0.500. The molecule has 3 nitrogen and oxygen atoms in total. The average Bonchev–Trinajstić information content (AvgIpc) is 2.79. The van der Waals surface area contributed by atoms with Gasteiger partial charge in [-0.1, -0.05) is 25.3 Å². The van der Waals surface area contributed by atoms with Gasteiger partial charge in [0.15, 0.2) is 0 Å². The summed E-state index contributed by atoms with van der Waals surface area (Å²) >= 11 is 0. The highest BCUT2D eigenvalue weighted by Crippen LogP contribution is 2.09. The number of carbonyl (C=O) groups is 1. The van der Waals surface area contributed by atoms with Gasteiger partial charge in [0.05, 0.1) is 6.26 Å². The van der Waals surface area contributed by atoms with E-state index in [1.54, 1.807) is 6.26 Å². The molecule has 0 aliphatic carbocycles. The lowest BCUT2D eigenvalue weighted by Gasteiger charge is -1.97. The van der Waals surface area contributed by atoms with Crippen LogP contribution in [-0.2, 0) is 4.79 Å². The molecule has 1 rings (SSSR count). The Morgan fingerprint density at radius 1 is 1.24 bits per heavy atom. The van der Waals surface area contributed by atoms with Crippen LogP contribution >= 0.6 is 0 Å². The molecule has 1 N–H and O–H groups in total. The van der Waals surface area contributed by atoms with Crippen LogP contribution in [0.3, 0.4) is 0 Å². The van der Waals surface area contributed by atoms with Gasteiger partial charge in [-0.15, -0.1) is 0 Å². The van der Waals surface area contributed by atoms with Crippen LogP contribution in [0.2, 0.25) is 0 Å². The first-order valence-corrected chi connectivity index (χ1v) is 6.21. The smallest absolute Gasteiger partial charge is 0.303 e. The maximum Gasteiger partial charge on any atom is 0.303 e. The molecule has 0 unspecified atom stereocenters. The van der Waals surface area contributed by atoms with Crippen molar-refractivity contribution in [3.05, 3.63) is 30.2 Å². The van der Waals surface area contributed by atoms with E-state index >= 15 is 0 Å². The van der Waals surface area contributed by atoms with Crippen molar-refractivity contribution in [2.24, 2.45) is 0 Å². The van der Waals surface area contributed by atoms with Gasteiger partial charge in [-0.2, -0.15) is 0 Å². The van der Waals surface area contributed by atoms with Crippen molar-refractivity contribution in [1.82, 2.24) is 0 Å². The van der Waals surface area contributed by atoms with Gasteiger partial charge in [0.25, 0.3) is 0 Å².